The highest BCUT2D eigenvalue weighted by atomic mass is 16.1. The summed E-state index contributed by atoms with van der Waals surface area (Å²) in [6.07, 6.45) is 9.85. The first-order valence-corrected chi connectivity index (χ1v) is 5.92. The molecular formula is C13H18N2O. The van der Waals surface area contributed by atoms with Crippen LogP contribution in [0.4, 0.5) is 0 Å². The van der Waals surface area contributed by atoms with Crippen molar-refractivity contribution in [1.29, 1.82) is 0 Å². The third-order valence-electron chi connectivity index (χ3n) is 3.62. The summed E-state index contributed by atoms with van der Waals surface area (Å²) in [5.74, 6) is -0.196. The molecule has 1 aliphatic rings. The van der Waals surface area contributed by atoms with Crippen LogP contribution in [0, 0.1) is 0 Å². The summed E-state index contributed by atoms with van der Waals surface area (Å²) in [5, 5.41) is 0. The van der Waals surface area contributed by atoms with Crippen molar-refractivity contribution in [2.24, 2.45) is 5.73 Å². The predicted molar refractivity (Wildman–Crippen MR) is 62.8 cm³/mol. The average Bonchev–Trinajstić information content (AvgIpc) is 2.30. The molecule has 3 nitrogen and oxygen atoms in total. The maximum absolute atomic E-state index is 11.3. The fraction of sp³-hybridized carbons (Fsp3) is 0.538. The Balaban J connectivity index is 2.29. The normalized spacial score (nSPS) is 19.2. The van der Waals surface area contributed by atoms with Crippen LogP contribution in [0.25, 0.3) is 0 Å². The van der Waals surface area contributed by atoms with Gasteiger partial charge in [-0.05, 0) is 30.5 Å². The molecule has 1 aromatic heterocycles. The first kappa shape index (κ1) is 11.1. The van der Waals surface area contributed by atoms with Gasteiger partial charge in [-0.25, -0.2) is 0 Å². The number of carbonyl (C=O) groups is 1. The lowest BCUT2D eigenvalue weighted by Gasteiger charge is -2.36. The van der Waals surface area contributed by atoms with E-state index in [0.29, 0.717) is 6.42 Å². The molecule has 2 N–H and O–H groups in total. The summed E-state index contributed by atoms with van der Waals surface area (Å²) in [7, 11) is 0. The first-order valence-electron chi connectivity index (χ1n) is 5.92. The van der Waals surface area contributed by atoms with Gasteiger partial charge >= 0.3 is 0 Å². The molecule has 1 fully saturated rings. The van der Waals surface area contributed by atoms with Gasteiger partial charge in [0.15, 0.2) is 0 Å². The molecule has 0 unspecified atom stereocenters. The number of hydrogen-bond donors (Lipinski definition) is 1. The Hall–Kier alpha value is -1.38. The van der Waals surface area contributed by atoms with Crippen LogP contribution in [-0.4, -0.2) is 10.9 Å². The minimum Gasteiger partial charge on any atom is -0.370 e. The summed E-state index contributed by atoms with van der Waals surface area (Å²) in [5.41, 5.74) is 6.59. The quantitative estimate of drug-likeness (QED) is 0.845. The Bertz CT molecular complexity index is 355. The van der Waals surface area contributed by atoms with Crippen LogP contribution < -0.4 is 5.73 Å². The molecule has 0 spiro atoms. The molecule has 0 atom stereocenters. The first-order chi connectivity index (χ1) is 7.73. The van der Waals surface area contributed by atoms with E-state index in [4.69, 9.17) is 5.73 Å². The Morgan fingerprint density at radius 1 is 1.25 bits per heavy atom. The summed E-state index contributed by atoms with van der Waals surface area (Å²) < 4.78 is 0. The fourth-order valence-electron chi connectivity index (χ4n) is 2.84. The number of nitrogens with two attached hydrogens (primary N) is 1. The van der Waals surface area contributed by atoms with E-state index >= 15 is 0 Å². The third kappa shape index (κ3) is 2.23. The topological polar surface area (TPSA) is 56.0 Å². The molecule has 0 aromatic carbocycles. The zero-order valence-corrected chi connectivity index (χ0v) is 9.48. The SMILES string of the molecule is NC(=O)CC1(c2ccncc2)CCCCC1. The number of nitrogens with zero attached hydrogens (tertiary/aromatic N) is 1. The molecule has 1 aromatic rings. The molecule has 1 heterocycles. The van der Waals surface area contributed by atoms with Crippen molar-refractivity contribution < 1.29 is 4.79 Å². The van der Waals surface area contributed by atoms with Gasteiger partial charge in [0, 0.05) is 24.2 Å². The number of amides is 1. The van der Waals surface area contributed by atoms with Gasteiger partial charge < -0.3 is 5.73 Å². The molecule has 1 amide bonds. The Kier molecular flexibility index (Phi) is 3.22. The monoisotopic (exact) mass is 218 g/mol. The lowest BCUT2D eigenvalue weighted by molar-refractivity contribution is -0.119. The molecule has 16 heavy (non-hydrogen) atoms. The fourth-order valence-corrected chi connectivity index (χ4v) is 2.84. The van der Waals surface area contributed by atoms with Crippen LogP contribution in [0.3, 0.4) is 0 Å². The second kappa shape index (κ2) is 4.64. The maximum atomic E-state index is 11.3. The average molecular weight is 218 g/mol. The Labute approximate surface area is 96.1 Å². The van der Waals surface area contributed by atoms with Crippen molar-refractivity contribution in [1.82, 2.24) is 4.98 Å². The van der Waals surface area contributed by atoms with Crippen molar-refractivity contribution in [3.05, 3.63) is 30.1 Å². The minimum atomic E-state index is -0.196. The molecule has 0 aliphatic heterocycles. The van der Waals surface area contributed by atoms with Gasteiger partial charge in [0.1, 0.15) is 0 Å². The van der Waals surface area contributed by atoms with Gasteiger partial charge in [0.2, 0.25) is 5.91 Å². The smallest absolute Gasteiger partial charge is 0.218 e. The van der Waals surface area contributed by atoms with Crippen molar-refractivity contribution >= 4 is 5.91 Å². The van der Waals surface area contributed by atoms with Crippen LogP contribution in [0.15, 0.2) is 24.5 Å². The molecular weight excluding hydrogens is 200 g/mol. The van der Waals surface area contributed by atoms with Gasteiger partial charge in [0.05, 0.1) is 0 Å². The molecule has 86 valence electrons. The van der Waals surface area contributed by atoms with E-state index in [1.807, 2.05) is 12.1 Å². The zero-order valence-electron chi connectivity index (χ0n) is 9.48. The van der Waals surface area contributed by atoms with Gasteiger partial charge in [0.25, 0.3) is 0 Å². The van der Waals surface area contributed by atoms with E-state index in [-0.39, 0.29) is 11.3 Å². The predicted octanol–water partition coefficient (Wildman–Crippen LogP) is 2.16. The Morgan fingerprint density at radius 2 is 1.88 bits per heavy atom. The summed E-state index contributed by atoms with van der Waals surface area (Å²) in [6, 6.07) is 4.04. The van der Waals surface area contributed by atoms with Gasteiger partial charge in [-0.3, -0.25) is 9.78 Å². The summed E-state index contributed by atoms with van der Waals surface area (Å²) in [4.78, 5) is 15.3. The number of carbonyl (C=O) groups excluding carboxylic acids is 1. The van der Waals surface area contributed by atoms with Crippen molar-refractivity contribution in [2.45, 2.75) is 43.9 Å². The van der Waals surface area contributed by atoms with Crippen molar-refractivity contribution in [2.75, 3.05) is 0 Å². The minimum absolute atomic E-state index is 0.0208. The van der Waals surface area contributed by atoms with Crippen LogP contribution in [0.2, 0.25) is 0 Å². The van der Waals surface area contributed by atoms with Crippen molar-refractivity contribution in [3.8, 4) is 0 Å². The number of rotatable bonds is 3. The molecule has 0 radical (unpaired) electrons. The highest BCUT2D eigenvalue weighted by Crippen LogP contribution is 2.41. The standard InChI is InChI=1S/C13H18N2O/c14-12(16)10-13(6-2-1-3-7-13)11-4-8-15-9-5-11/h4-5,8-9H,1-3,6-7,10H2,(H2,14,16). The van der Waals surface area contributed by atoms with Crippen LogP contribution >= 0.6 is 0 Å². The highest BCUT2D eigenvalue weighted by Gasteiger charge is 2.35. The summed E-state index contributed by atoms with van der Waals surface area (Å²) in [6.45, 7) is 0. The van der Waals surface area contributed by atoms with Crippen LogP contribution in [-0.2, 0) is 10.2 Å². The van der Waals surface area contributed by atoms with E-state index in [0.717, 1.165) is 12.8 Å². The van der Waals surface area contributed by atoms with Gasteiger partial charge in [-0.15, -0.1) is 0 Å². The number of hydrogen-bond acceptors (Lipinski definition) is 2. The molecule has 3 heteroatoms. The Morgan fingerprint density at radius 3 is 2.44 bits per heavy atom. The summed E-state index contributed by atoms with van der Waals surface area (Å²) >= 11 is 0. The second-order valence-corrected chi connectivity index (χ2v) is 4.72. The van der Waals surface area contributed by atoms with E-state index in [9.17, 15) is 4.79 Å². The number of aromatic nitrogens is 1. The maximum Gasteiger partial charge on any atom is 0.218 e. The number of primary amides is 1. The zero-order chi connectivity index (χ0) is 11.4. The van der Waals surface area contributed by atoms with Crippen LogP contribution in [0.5, 0.6) is 0 Å². The van der Waals surface area contributed by atoms with Crippen molar-refractivity contribution in [3.63, 3.8) is 0 Å². The van der Waals surface area contributed by atoms with Gasteiger partial charge in [-0.1, -0.05) is 19.3 Å². The number of pyridine rings is 1. The third-order valence-corrected chi connectivity index (χ3v) is 3.62. The second-order valence-electron chi connectivity index (χ2n) is 4.72. The lowest BCUT2D eigenvalue weighted by atomic mass is 9.67. The largest absolute Gasteiger partial charge is 0.370 e. The van der Waals surface area contributed by atoms with E-state index in [1.165, 1.54) is 24.8 Å². The molecule has 0 bridgehead atoms. The van der Waals surface area contributed by atoms with E-state index in [1.54, 1.807) is 12.4 Å². The van der Waals surface area contributed by atoms with Crippen LogP contribution in [0.1, 0.15) is 44.1 Å². The van der Waals surface area contributed by atoms with E-state index < -0.39 is 0 Å². The molecule has 2 rings (SSSR count). The van der Waals surface area contributed by atoms with E-state index in [2.05, 4.69) is 4.98 Å². The highest BCUT2D eigenvalue weighted by molar-refractivity contribution is 5.75. The lowest BCUT2D eigenvalue weighted by Crippen LogP contribution is -2.34. The molecule has 1 aliphatic carbocycles. The molecule has 1 saturated carbocycles. The molecule has 0 saturated heterocycles. The van der Waals surface area contributed by atoms with Gasteiger partial charge in [-0.2, -0.15) is 0 Å².